The summed E-state index contributed by atoms with van der Waals surface area (Å²) in [6, 6.07) is 20.4. The van der Waals surface area contributed by atoms with Crippen LogP contribution in [0, 0.1) is 24.7 Å². The zero-order valence-electron chi connectivity index (χ0n) is 26.4. The molecule has 4 N–H and O–H groups in total. The Kier molecular flexibility index (Phi) is 13.8. The predicted octanol–water partition coefficient (Wildman–Crippen LogP) is 12.6. The quantitative estimate of drug-likeness (QED) is 0.105. The second-order valence-corrected chi connectivity index (χ2v) is 13.7. The predicted molar refractivity (Wildman–Crippen MR) is 198 cm³/mol. The van der Waals surface area contributed by atoms with Crippen molar-refractivity contribution in [2.75, 3.05) is 11.5 Å². The summed E-state index contributed by atoms with van der Waals surface area (Å²) in [5.74, 6) is 1.72. The average molecular weight is 839 g/mol. The molecule has 4 aromatic carbocycles. The van der Waals surface area contributed by atoms with E-state index in [4.69, 9.17) is 20.3 Å². The molecule has 6 aromatic rings. The number of rotatable bonds is 4. The summed E-state index contributed by atoms with van der Waals surface area (Å²) < 4.78 is 13.6. The number of fused-ring (bicyclic) bond motifs is 6. The van der Waals surface area contributed by atoms with Gasteiger partial charge in [0.2, 0.25) is 0 Å². The van der Waals surface area contributed by atoms with Gasteiger partial charge in [-0.15, -0.1) is 0 Å². The van der Waals surface area contributed by atoms with Gasteiger partial charge in [-0.3, -0.25) is 0 Å². The van der Waals surface area contributed by atoms with Gasteiger partial charge in [-0.05, 0) is 86.4 Å². The molecule has 0 saturated heterocycles. The zero-order chi connectivity index (χ0) is 32.7. The van der Waals surface area contributed by atoms with Crippen molar-refractivity contribution in [3.05, 3.63) is 87.7 Å². The van der Waals surface area contributed by atoms with Crippen LogP contribution in [0.5, 0.6) is 0 Å². The molecule has 2 heterocycles. The molecule has 0 aliphatic carbocycles. The fourth-order valence-corrected chi connectivity index (χ4v) is 6.23. The Labute approximate surface area is 295 Å². The third kappa shape index (κ3) is 8.69. The van der Waals surface area contributed by atoms with Crippen LogP contribution in [-0.4, -0.2) is 0 Å². The third-order valence-corrected chi connectivity index (χ3v) is 8.18. The van der Waals surface area contributed by atoms with E-state index in [1.807, 2.05) is 42.5 Å². The number of halogens is 3. The van der Waals surface area contributed by atoms with E-state index in [0.717, 1.165) is 60.6 Å². The van der Waals surface area contributed by atoms with E-state index in [-0.39, 0.29) is 0 Å². The molecule has 44 heavy (non-hydrogen) atoms. The van der Waals surface area contributed by atoms with Crippen LogP contribution in [0.25, 0.3) is 43.9 Å². The molecule has 0 aliphatic heterocycles. The molecule has 6 rings (SSSR count). The van der Waals surface area contributed by atoms with Crippen molar-refractivity contribution in [3.8, 4) is 0 Å². The minimum absolute atomic E-state index is 0.549. The van der Waals surface area contributed by atoms with Crippen LogP contribution in [0.2, 0.25) is 0 Å². The fraction of sp³-hybridized carbons (Fsp3) is 0.306. The number of nitrogen functional groups attached to an aromatic ring is 2. The molecule has 0 saturated carbocycles. The van der Waals surface area contributed by atoms with E-state index >= 15 is 0 Å². The molecule has 0 radical (unpaired) electrons. The summed E-state index contributed by atoms with van der Waals surface area (Å²) >= 11 is 11.2. The summed E-state index contributed by atoms with van der Waals surface area (Å²) in [5.41, 5.74) is 20.0. The Hall–Kier alpha value is -1.86. The number of benzene rings is 4. The molecule has 8 heteroatoms. The molecule has 0 aliphatic rings. The van der Waals surface area contributed by atoms with Crippen LogP contribution in [0.4, 0.5) is 11.4 Å². The van der Waals surface area contributed by atoms with Gasteiger partial charge in [0.15, 0.2) is 5.58 Å². The van der Waals surface area contributed by atoms with Crippen LogP contribution >= 0.6 is 45.5 Å². The summed E-state index contributed by atoms with van der Waals surface area (Å²) in [4.78, 5) is 0. The minimum atomic E-state index is 0.549. The molecule has 0 unspecified atom stereocenters. The van der Waals surface area contributed by atoms with Gasteiger partial charge in [-0.1, -0.05) is 77.9 Å². The van der Waals surface area contributed by atoms with Crippen molar-refractivity contribution in [3.63, 3.8) is 0 Å². The number of anilines is 2. The molecule has 4 nitrogen and oxygen atoms in total. The van der Waals surface area contributed by atoms with E-state index in [1.165, 1.54) is 38.2 Å². The van der Waals surface area contributed by atoms with Crippen molar-refractivity contribution in [2.24, 2.45) is 17.8 Å². The second-order valence-electron chi connectivity index (χ2n) is 12.1. The molecule has 2 aromatic heterocycles. The summed E-state index contributed by atoms with van der Waals surface area (Å²) in [7, 11) is 0. The number of hydrogen-bond donors (Lipinski definition) is 2. The van der Waals surface area contributed by atoms with Crippen molar-refractivity contribution < 1.29 is 25.2 Å². The van der Waals surface area contributed by atoms with Gasteiger partial charge in [0.1, 0.15) is 16.7 Å². The Balaban J connectivity index is 0.000000211. The topological polar surface area (TPSA) is 78.3 Å². The maximum atomic E-state index is 6.51. The van der Waals surface area contributed by atoms with Crippen LogP contribution < -0.4 is 11.5 Å². The summed E-state index contributed by atoms with van der Waals surface area (Å²) in [6.07, 6.45) is 1.96. The molecular formula is C36H41Br3N2O2Zn. The number of hydrogen-bond acceptors (Lipinski definition) is 4. The summed E-state index contributed by atoms with van der Waals surface area (Å²) in [5, 5.41) is 4.55. The summed E-state index contributed by atoms with van der Waals surface area (Å²) in [6.45, 7) is 16.7. The van der Waals surface area contributed by atoms with Crippen LogP contribution in [0.15, 0.2) is 78.4 Å². The number of nitrogens with two attached hydrogens (primary N) is 2. The maximum absolute atomic E-state index is 6.51. The zero-order valence-corrected chi connectivity index (χ0v) is 34.2. The Morgan fingerprint density at radius 3 is 1.64 bits per heavy atom. The van der Waals surface area contributed by atoms with Gasteiger partial charge in [-0.25, -0.2) is 0 Å². The van der Waals surface area contributed by atoms with Crippen LogP contribution in [0.3, 0.4) is 0 Å². The van der Waals surface area contributed by atoms with Crippen molar-refractivity contribution >= 4 is 101 Å². The first-order valence-corrected chi connectivity index (χ1v) is 23.3. The molecule has 0 atom stereocenters. The SMILES string of the molecule is CC(C)Cc1cc2c(oc3ccccc32)c(CC(C)C)c1N.Nc1c(Br)cc2c(oc3ccccc32)c1Br.[CH2-]C(C)C.[Zn+][Br]. The van der Waals surface area contributed by atoms with Gasteiger partial charge in [0.25, 0.3) is 0 Å². The molecule has 0 bridgehead atoms. The van der Waals surface area contributed by atoms with E-state index in [2.05, 4.69) is 112 Å². The van der Waals surface area contributed by atoms with Gasteiger partial charge < -0.3 is 27.2 Å². The first-order chi connectivity index (χ1) is 20.9. The Bertz CT molecular complexity index is 1840. The first-order valence-electron chi connectivity index (χ1n) is 14.7. The molecular weight excluding hydrogens is 798 g/mol. The monoisotopic (exact) mass is 834 g/mol. The van der Waals surface area contributed by atoms with Crippen LogP contribution in [-0.2, 0) is 29.2 Å². The van der Waals surface area contributed by atoms with Crippen molar-refractivity contribution in [2.45, 2.75) is 54.4 Å². The Morgan fingerprint density at radius 2 is 1.14 bits per heavy atom. The molecule has 0 amide bonds. The van der Waals surface area contributed by atoms with E-state index in [9.17, 15) is 0 Å². The first kappa shape index (κ1) is 36.6. The normalized spacial score (nSPS) is 11.2. The molecule has 230 valence electrons. The van der Waals surface area contributed by atoms with Gasteiger partial charge in [0, 0.05) is 37.3 Å². The standard InChI is InChI=1S/C20H25NO.C12H7Br2NO.C4H9.BrH.Zn/c1-12(2)9-14-11-16-15-7-5-6-8-18(15)22-20(16)17(19(14)21)10-13(3)4;13-8-5-7-6-3-1-2-4-9(6)16-12(7)10(14)11(8)15;1-4(2)3;;/h5-8,11-13H,9-10,21H2,1-4H3;1-5H,15H2;4H,1H2,2-3H3;1H;/q;;-1;;+2/p-1. The third-order valence-electron chi connectivity index (χ3n) is 6.74. The second kappa shape index (κ2) is 16.6. The van der Waals surface area contributed by atoms with Crippen molar-refractivity contribution in [1.29, 1.82) is 0 Å². The van der Waals surface area contributed by atoms with E-state index in [1.54, 1.807) is 0 Å². The van der Waals surface area contributed by atoms with E-state index in [0.29, 0.717) is 23.4 Å². The fourth-order valence-electron chi connectivity index (χ4n) is 5.02. The van der Waals surface area contributed by atoms with Gasteiger partial charge in [-0.2, -0.15) is 5.92 Å². The molecule has 0 spiro atoms. The average Bonchev–Trinajstić information content (AvgIpc) is 3.53. The number of furan rings is 2. The molecule has 0 fully saturated rings. The van der Waals surface area contributed by atoms with Gasteiger partial charge in [0.05, 0.1) is 10.2 Å². The Morgan fingerprint density at radius 1 is 0.682 bits per heavy atom. The van der Waals surface area contributed by atoms with Gasteiger partial charge >= 0.3 is 30.0 Å². The van der Waals surface area contributed by atoms with Crippen molar-refractivity contribution in [1.82, 2.24) is 0 Å². The van der Waals surface area contributed by atoms with E-state index < -0.39 is 0 Å². The van der Waals surface area contributed by atoms with Crippen LogP contribution in [0.1, 0.15) is 52.7 Å². The number of para-hydroxylation sites is 2.